The number of halogens is 2. The van der Waals surface area contributed by atoms with Crippen LogP contribution in [0.25, 0.3) is 0 Å². The van der Waals surface area contributed by atoms with E-state index in [9.17, 15) is 5.11 Å². The van der Waals surface area contributed by atoms with E-state index in [0.29, 0.717) is 16.6 Å². The predicted octanol–water partition coefficient (Wildman–Crippen LogP) is 4.31. The van der Waals surface area contributed by atoms with Crippen LogP contribution in [-0.2, 0) is 6.54 Å². The Morgan fingerprint density at radius 1 is 1.06 bits per heavy atom. The molecule has 0 unspecified atom stereocenters. The summed E-state index contributed by atoms with van der Waals surface area (Å²) in [7, 11) is 0. The topological polar surface area (TPSA) is 32.3 Å². The second-order valence-corrected chi connectivity index (χ2v) is 4.49. The van der Waals surface area contributed by atoms with E-state index in [0.717, 1.165) is 11.3 Å². The lowest BCUT2D eigenvalue weighted by Gasteiger charge is -2.07. The van der Waals surface area contributed by atoms with Crippen LogP contribution in [0.2, 0.25) is 10.0 Å². The van der Waals surface area contributed by atoms with Crippen molar-refractivity contribution in [2.24, 2.45) is 0 Å². The molecule has 88 valence electrons. The molecule has 2 aromatic rings. The summed E-state index contributed by atoms with van der Waals surface area (Å²) in [4.78, 5) is 0. The zero-order chi connectivity index (χ0) is 12.3. The van der Waals surface area contributed by atoms with Gasteiger partial charge in [0, 0.05) is 17.3 Å². The second kappa shape index (κ2) is 5.30. The Hall–Kier alpha value is -1.38. The van der Waals surface area contributed by atoms with Gasteiger partial charge in [0.05, 0.1) is 5.02 Å². The van der Waals surface area contributed by atoms with Crippen molar-refractivity contribution in [3.63, 3.8) is 0 Å². The molecule has 0 amide bonds. The number of rotatable bonds is 3. The maximum atomic E-state index is 9.29. The zero-order valence-corrected chi connectivity index (χ0v) is 10.5. The van der Waals surface area contributed by atoms with Gasteiger partial charge < -0.3 is 10.4 Å². The van der Waals surface area contributed by atoms with E-state index in [1.54, 1.807) is 18.2 Å². The number of benzene rings is 2. The lowest BCUT2D eigenvalue weighted by Crippen LogP contribution is -1.98. The molecular weight excluding hydrogens is 257 g/mol. The van der Waals surface area contributed by atoms with Crippen molar-refractivity contribution in [1.82, 2.24) is 0 Å². The van der Waals surface area contributed by atoms with Gasteiger partial charge in [0.15, 0.2) is 0 Å². The van der Waals surface area contributed by atoms with Crippen LogP contribution in [0.4, 0.5) is 5.69 Å². The Kier molecular flexibility index (Phi) is 3.77. The van der Waals surface area contributed by atoms with E-state index in [2.05, 4.69) is 5.32 Å². The summed E-state index contributed by atoms with van der Waals surface area (Å²) in [6.07, 6.45) is 0. The van der Waals surface area contributed by atoms with Gasteiger partial charge in [-0.2, -0.15) is 0 Å². The number of nitrogens with one attached hydrogen (secondary N) is 1. The number of aromatic hydroxyl groups is 1. The van der Waals surface area contributed by atoms with Gasteiger partial charge in [0.1, 0.15) is 5.75 Å². The summed E-state index contributed by atoms with van der Waals surface area (Å²) in [5, 5.41) is 13.5. The molecule has 2 nitrogen and oxygen atoms in total. The molecule has 0 aliphatic carbocycles. The lowest BCUT2D eigenvalue weighted by atomic mass is 10.2. The first-order valence-electron chi connectivity index (χ1n) is 5.12. The third-order valence-electron chi connectivity index (χ3n) is 2.33. The quantitative estimate of drug-likeness (QED) is 0.813. The highest BCUT2D eigenvalue weighted by atomic mass is 35.5. The summed E-state index contributed by atoms with van der Waals surface area (Å²) < 4.78 is 0. The third kappa shape index (κ3) is 3.29. The number of phenols is 1. The highest BCUT2D eigenvalue weighted by molar-refractivity contribution is 6.32. The Bertz CT molecular complexity index is 529. The first-order chi connectivity index (χ1) is 8.15. The van der Waals surface area contributed by atoms with Crippen LogP contribution in [0.5, 0.6) is 5.75 Å². The van der Waals surface area contributed by atoms with Crippen LogP contribution in [-0.4, -0.2) is 5.11 Å². The molecule has 17 heavy (non-hydrogen) atoms. The van der Waals surface area contributed by atoms with Gasteiger partial charge in [-0.15, -0.1) is 0 Å². The second-order valence-electron chi connectivity index (χ2n) is 3.65. The molecule has 0 aliphatic rings. The standard InChI is InChI=1S/C13H11Cl2NO/c14-10-3-1-2-9(6-10)8-16-11-4-5-13(17)12(15)7-11/h1-7,16-17H,8H2. The third-order valence-corrected chi connectivity index (χ3v) is 2.87. The molecule has 0 aliphatic heterocycles. The smallest absolute Gasteiger partial charge is 0.134 e. The first kappa shape index (κ1) is 12.1. The molecule has 0 aromatic heterocycles. The van der Waals surface area contributed by atoms with Gasteiger partial charge in [-0.1, -0.05) is 35.3 Å². The molecule has 0 radical (unpaired) electrons. The summed E-state index contributed by atoms with van der Waals surface area (Å²) in [6.45, 7) is 0.654. The van der Waals surface area contributed by atoms with Crippen LogP contribution in [0.3, 0.4) is 0 Å². The van der Waals surface area contributed by atoms with Crippen molar-refractivity contribution in [2.75, 3.05) is 5.32 Å². The molecule has 0 bridgehead atoms. The molecule has 2 N–H and O–H groups in total. The van der Waals surface area contributed by atoms with Gasteiger partial charge in [-0.05, 0) is 35.9 Å². The van der Waals surface area contributed by atoms with Crippen LogP contribution in [0.15, 0.2) is 42.5 Å². The summed E-state index contributed by atoms with van der Waals surface area (Å²) in [6, 6.07) is 12.6. The molecule has 0 saturated carbocycles. The Labute approximate surface area is 110 Å². The maximum absolute atomic E-state index is 9.29. The molecule has 0 spiro atoms. The average Bonchev–Trinajstić information content (AvgIpc) is 2.31. The van der Waals surface area contributed by atoms with Crippen molar-refractivity contribution >= 4 is 28.9 Å². The lowest BCUT2D eigenvalue weighted by molar-refractivity contribution is 0.475. The largest absolute Gasteiger partial charge is 0.506 e. The number of anilines is 1. The van der Waals surface area contributed by atoms with Crippen molar-refractivity contribution < 1.29 is 5.11 Å². The number of hydrogen-bond acceptors (Lipinski definition) is 2. The van der Waals surface area contributed by atoms with Crippen LogP contribution in [0.1, 0.15) is 5.56 Å². The Balaban J connectivity index is 2.05. The fraction of sp³-hybridized carbons (Fsp3) is 0.0769. The Morgan fingerprint density at radius 2 is 1.88 bits per heavy atom. The van der Waals surface area contributed by atoms with Gasteiger partial charge in [-0.25, -0.2) is 0 Å². The SMILES string of the molecule is Oc1ccc(NCc2cccc(Cl)c2)cc1Cl. The van der Waals surface area contributed by atoms with Crippen molar-refractivity contribution in [2.45, 2.75) is 6.54 Å². The fourth-order valence-corrected chi connectivity index (χ4v) is 1.86. The summed E-state index contributed by atoms with van der Waals surface area (Å²) >= 11 is 11.7. The number of hydrogen-bond donors (Lipinski definition) is 2. The minimum atomic E-state index is 0.0833. The van der Waals surface area contributed by atoms with Gasteiger partial charge in [-0.3, -0.25) is 0 Å². The summed E-state index contributed by atoms with van der Waals surface area (Å²) in [5.74, 6) is 0.0833. The van der Waals surface area contributed by atoms with E-state index in [1.165, 1.54) is 0 Å². The Morgan fingerprint density at radius 3 is 2.59 bits per heavy atom. The minimum absolute atomic E-state index is 0.0833. The monoisotopic (exact) mass is 267 g/mol. The van der Waals surface area contributed by atoms with Gasteiger partial charge in [0.25, 0.3) is 0 Å². The van der Waals surface area contributed by atoms with Crippen LogP contribution >= 0.6 is 23.2 Å². The molecular formula is C13H11Cl2NO. The first-order valence-corrected chi connectivity index (χ1v) is 5.87. The molecule has 0 fully saturated rings. The van der Waals surface area contributed by atoms with Crippen LogP contribution < -0.4 is 5.32 Å². The molecule has 0 heterocycles. The van der Waals surface area contributed by atoms with Gasteiger partial charge >= 0.3 is 0 Å². The summed E-state index contributed by atoms with van der Waals surface area (Å²) in [5.41, 5.74) is 1.94. The molecule has 0 saturated heterocycles. The molecule has 0 atom stereocenters. The molecule has 2 rings (SSSR count). The van der Waals surface area contributed by atoms with Gasteiger partial charge in [0.2, 0.25) is 0 Å². The maximum Gasteiger partial charge on any atom is 0.134 e. The highest BCUT2D eigenvalue weighted by Gasteiger charge is 2.00. The number of phenolic OH excluding ortho intramolecular Hbond substituents is 1. The van der Waals surface area contributed by atoms with Crippen molar-refractivity contribution in [1.29, 1.82) is 0 Å². The fourth-order valence-electron chi connectivity index (χ4n) is 1.47. The van der Waals surface area contributed by atoms with E-state index < -0.39 is 0 Å². The molecule has 2 aromatic carbocycles. The zero-order valence-electron chi connectivity index (χ0n) is 8.95. The van der Waals surface area contributed by atoms with Crippen molar-refractivity contribution in [3.8, 4) is 5.75 Å². The van der Waals surface area contributed by atoms with Crippen molar-refractivity contribution in [3.05, 3.63) is 58.1 Å². The minimum Gasteiger partial charge on any atom is -0.506 e. The average molecular weight is 268 g/mol. The van der Waals surface area contributed by atoms with E-state index in [-0.39, 0.29) is 5.75 Å². The molecule has 4 heteroatoms. The predicted molar refractivity (Wildman–Crippen MR) is 71.9 cm³/mol. The van der Waals surface area contributed by atoms with E-state index >= 15 is 0 Å². The highest BCUT2D eigenvalue weighted by Crippen LogP contribution is 2.26. The van der Waals surface area contributed by atoms with E-state index in [4.69, 9.17) is 23.2 Å². The van der Waals surface area contributed by atoms with E-state index in [1.807, 2.05) is 24.3 Å². The normalized spacial score (nSPS) is 10.2. The van der Waals surface area contributed by atoms with Crippen LogP contribution in [0, 0.1) is 0 Å².